The molecule has 0 aromatic heterocycles. The number of rotatable bonds is 3. The molecule has 0 fully saturated rings. The summed E-state index contributed by atoms with van der Waals surface area (Å²) in [4.78, 5) is 0. The lowest BCUT2D eigenvalue weighted by Crippen LogP contribution is -1.98. The van der Waals surface area contributed by atoms with Crippen molar-refractivity contribution < 1.29 is 0 Å². The second-order valence-electron chi connectivity index (χ2n) is 3.54. The van der Waals surface area contributed by atoms with Gasteiger partial charge in [0.2, 0.25) is 0 Å². The number of benzene rings is 2. The molecule has 0 saturated carbocycles. The highest BCUT2D eigenvalue weighted by atomic mass is 14.9. The van der Waals surface area contributed by atoms with E-state index < -0.39 is 0 Å². The second kappa shape index (κ2) is 4.65. The molecule has 1 radical (unpaired) electrons. The lowest BCUT2D eigenvalue weighted by atomic mass is 10.2. The van der Waals surface area contributed by atoms with E-state index in [1.165, 1.54) is 5.56 Å². The van der Waals surface area contributed by atoms with Crippen LogP contribution >= 0.6 is 0 Å². The van der Waals surface area contributed by atoms with Crippen LogP contribution in [0.2, 0.25) is 0 Å². The van der Waals surface area contributed by atoms with Crippen LogP contribution in [0.4, 0.5) is 5.69 Å². The molecule has 15 heavy (non-hydrogen) atoms. The van der Waals surface area contributed by atoms with Gasteiger partial charge in [0, 0.05) is 12.2 Å². The van der Waals surface area contributed by atoms with E-state index in [9.17, 15) is 0 Å². The van der Waals surface area contributed by atoms with Crippen molar-refractivity contribution in [1.82, 2.24) is 0 Å². The molecule has 2 rings (SSSR count). The third-order valence-electron chi connectivity index (χ3n) is 2.29. The van der Waals surface area contributed by atoms with E-state index in [1.807, 2.05) is 30.3 Å². The molecular weight excluding hydrogens is 182 g/mol. The fourth-order valence-corrected chi connectivity index (χ4v) is 1.42. The highest BCUT2D eigenvalue weighted by Gasteiger charge is 1.92. The molecular formula is C14H14N. The summed E-state index contributed by atoms with van der Waals surface area (Å²) in [5, 5.41) is 3.36. The molecule has 0 spiro atoms. The number of hydrogen-bond donors (Lipinski definition) is 1. The molecule has 1 heteroatoms. The van der Waals surface area contributed by atoms with Gasteiger partial charge in [-0.15, -0.1) is 0 Å². The Labute approximate surface area is 90.8 Å². The van der Waals surface area contributed by atoms with Crippen LogP contribution in [0.15, 0.2) is 54.6 Å². The van der Waals surface area contributed by atoms with E-state index >= 15 is 0 Å². The topological polar surface area (TPSA) is 12.0 Å². The van der Waals surface area contributed by atoms with Gasteiger partial charge in [-0.2, -0.15) is 0 Å². The monoisotopic (exact) mass is 196 g/mol. The predicted octanol–water partition coefficient (Wildman–Crippen LogP) is 3.48. The molecule has 0 amide bonds. The predicted molar refractivity (Wildman–Crippen MR) is 64.7 cm³/mol. The van der Waals surface area contributed by atoms with Crippen molar-refractivity contribution >= 4 is 5.69 Å². The van der Waals surface area contributed by atoms with Gasteiger partial charge in [-0.3, -0.25) is 0 Å². The SMILES string of the molecule is [CH2]c1ccc(NCc2ccccc2)cc1. The van der Waals surface area contributed by atoms with Crippen molar-refractivity contribution in [2.75, 3.05) is 5.32 Å². The Kier molecular flexibility index (Phi) is 3.03. The number of nitrogens with one attached hydrogen (secondary N) is 1. The Morgan fingerprint density at radius 1 is 0.867 bits per heavy atom. The number of anilines is 1. The van der Waals surface area contributed by atoms with Crippen molar-refractivity contribution in [2.45, 2.75) is 6.54 Å². The van der Waals surface area contributed by atoms with Crippen LogP contribution in [-0.2, 0) is 6.54 Å². The van der Waals surface area contributed by atoms with Gasteiger partial charge in [0.1, 0.15) is 0 Å². The molecule has 0 heterocycles. The standard InChI is InChI=1S/C14H14N/c1-12-7-9-14(10-8-12)15-11-13-5-3-2-4-6-13/h2-10,15H,1,11H2. The lowest BCUT2D eigenvalue weighted by Gasteiger charge is -2.06. The summed E-state index contributed by atoms with van der Waals surface area (Å²) in [6.45, 7) is 4.71. The van der Waals surface area contributed by atoms with Crippen molar-refractivity contribution in [1.29, 1.82) is 0 Å². The smallest absolute Gasteiger partial charge is 0.0400 e. The minimum atomic E-state index is 0.858. The Balaban J connectivity index is 1.96. The first-order valence-corrected chi connectivity index (χ1v) is 5.04. The zero-order valence-corrected chi connectivity index (χ0v) is 8.61. The maximum absolute atomic E-state index is 3.85. The molecule has 0 bridgehead atoms. The Morgan fingerprint density at radius 2 is 1.53 bits per heavy atom. The van der Waals surface area contributed by atoms with Crippen LogP contribution in [0.5, 0.6) is 0 Å². The van der Waals surface area contributed by atoms with Gasteiger partial charge in [0.15, 0.2) is 0 Å². The maximum Gasteiger partial charge on any atom is 0.0400 e. The molecule has 1 N–H and O–H groups in total. The zero-order valence-electron chi connectivity index (χ0n) is 8.61. The average Bonchev–Trinajstić information content (AvgIpc) is 2.30. The van der Waals surface area contributed by atoms with Crippen LogP contribution in [0.1, 0.15) is 11.1 Å². The van der Waals surface area contributed by atoms with Gasteiger partial charge in [0.25, 0.3) is 0 Å². The molecule has 1 nitrogen and oxygen atoms in total. The average molecular weight is 196 g/mol. The van der Waals surface area contributed by atoms with Gasteiger partial charge in [-0.1, -0.05) is 42.5 Å². The molecule has 0 unspecified atom stereocenters. The van der Waals surface area contributed by atoms with Crippen LogP contribution < -0.4 is 5.32 Å². The summed E-state index contributed by atoms with van der Waals surface area (Å²) in [6, 6.07) is 18.5. The molecule has 2 aromatic carbocycles. The normalized spacial score (nSPS) is 9.93. The molecule has 0 aliphatic rings. The summed E-state index contributed by atoms with van der Waals surface area (Å²) in [5.41, 5.74) is 3.46. The van der Waals surface area contributed by atoms with Crippen LogP contribution in [0, 0.1) is 6.92 Å². The largest absolute Gasteiger partial charge is 0.381 e. The molecule has 0 saturated heterocycles. The molecule has 0 aliphatic carbocycles. The van der Waals surface area contributed by atoms with E-state index in [4.69, 9.17) is 0 Å². The summed E-state index contributed by atoms with van der Waals surface area (Å²) in [5.74, 6) is 0. The van der Waals surface area contributed by atoms with Crippen molar-refractivity contribution in [3.8, 4) is 0 Å². The second-order valence-corrected chi connectivity index (χ2v) is 3.54. The number of hydrogen-bond acceptors (Lipinski definition) is 1. The fourth-order valence-electron chi connectivity index (χ4n) is 1.42. The van der Waals surface area contributed by atoms with E-state index in [2.05, 4.69) is 36.5 Å². The van der Waals surface area contributed by atoms with E-state index in [0.29, 0.717) is 0 Å². The first-order chi connectivity index (χ1) is 7.34. The Morgan fingerprint density at radius 3 is 2.20 bits per heavy atom. The van der Waals surface area contributed by atoms with Crippen LogP contribution in [0.25, 0.3) is 0 Å². The lowest BCUT2D eigenvalue weighted by molar-refractivity contribution is 1.15. The molecule has 0 aliphatic heterocycles. The first kappa shape index (κ1) is 9.78. The van der Waals surface area contributed by atoms with E-state index in [0.717, 1.165) is 17.8 Å². The highest BCUT2D eigenvalue weighted by Crippen LogP contribution is 2.10. The van der Waals surface area contributed by atoms with Crippen LogP contribution in [-0.4, -0.2) is 0 Å². The van der Waals surface area contributed by atoms with Gasteiger partial charge in [-0.05, 0) is 30.2 Å². The van der Waals surface area contributed by atoms with E-state index in [1.54, 1.807) is 0 Å². The minimum Gasteiger partial charge on any atom is -0.381 e. The van der Waals surface area contributed by atoms with Crippen molar-refractivity contribution in [2.24, 2.45) is 0 Å². The molecule has 0 atom stereocenters. The fraction of sp³-hybridized carbons (Fsp3) is 0.0714. The minimum absolute atomic E-state index is 0.858. The quantitative estimate of drug-likeness (QED) is 0.792. The van der Waals surface area contributed by atoms with Gasteiger partial charge in [-0.25, -0.2) is 0 Å². The molecule has 2 aromatic rings. The first-order valence-electron chi connectivity index (χ1n) is 5.04. The Hall–Kier alpha value is -1.76. The van der Waals surface area contributed by atoms with Crippen molar-refractivity contribution in [3.63, 3.8) is 0 Å². The van der Waals surface area contributed by atoms with Crippen molar-refractivity contribution in [3.05, 3.63) is 72.6 Å². The van der Waals surface area contributed by atoms with Gasteiger partial charge >= 0.3 is 0 Å². The van der Waals surface area contributed by atoms with Crippen LogP contribution in [0.3, 0.4) is 0 Å². The Bertz CT molecular complexity index is 403. The zero-order chi connectivity index (χ0) is 10.5. The van der Waals surface area contributed by atoms with Gasteiger partial charge in [0.05, 0.1) is 0 Å². The summed E-state index contributed by atoms with van der Waals surface area (Å²) >= 11 is 0. The third-order valence-corrected chi connectivity index (χ3v) is 2.29. The molecule has 75 valence electrons. The highest BCUT2D eigenvalue weighted by molar-refractivity contribution is 5.45. The van der Waals surface area contributed by atoms with Gasteiger partial charge < -0.3 is 5.32 Å². The summed E-state index contributed by atoms with van der Waals surface area (Å²) in [7, 11) is 0. The third kappa shape index (κ3) is 2.84. The summed E-state index contributed by atoms with van der Waals surface area (Å²) < 4.78 is 0. The van der Waals surface area contributed by atoms with E-state index in [-0.39, 0.29) is 0 Å². The maximum atomic E-state index is 3.85. The summed E-state index contributed by atoms with van der Waals surface area (Å²) in [6.07, 6.45) is 0.